The van der Waals surface area contributed by atoms with Crippen molar-refractivity contribution in [1.29, 1.82) is 5.26 Å². The summed E-state index contributed by atoms with van der Waals surface area (Å²) in [5, 5.41) is 11.8. The van der Waals surface area contributed by atoms with Gasteiger partial charge >= 0.3 is 6.18 Å². The molecule has 1 unspecified atom stereocenters. The molecular formula is C12H22F3N3. The Morgan fingerprint density at radius 3 is 2.28 bits per heavy atom. The minimum Gasteiger partial charge on any atom is -0.303 e. The predicted molar refractivity (Wildman–Crippen MR) is 65.1 cm³/mol. The molecule has 0 aliphatic rings. The zero-order chi connectivity index (χ0) is 14.2. The van der Waals surface area contributed by atoms with Crippen LogP contribution in [0.3, 0.4) is 0 Å². The van der Waals surface area contributed by atoms with Crippen LogP contribution < -0.4 is 5.32 Å². The van der Waals surface area contributed by atoms with E-state index in [4.69, 9.17) is 5.26 Å². The van der Waals surface area contributed by atoms with Crippen molar-refractivity contribution in [3.8, 4) is 6.07 Å². The summed E-state index contributed by atoms with van der Waals surface area (Å²) in [7, 11) is 1.71. The van der Waals surface area contributed by atoms with Gasteiger partial charge in [-0.3, -0.25) is 4.90 Å². The third-order valence-electron chi connectivity index (χ3n) is 3.05. The first kappa shape index (κ1) is 17.2. The first-order chi connectivity index (χ1) is 8.26. The Morgan fingerprint density at radius 1 is 1.28 bits per heavy atom. The van der Waals surface area contributed by atoms with Gasteiger partial charge in [0.25, 0.3) is 0 Å². The molecule has 0 spiro atoms. The third kappa shape index (κ3) is 7.51. The zero-order valence-electron chi connectivity index (χ0n) is 11.3. The Bertz CT molecular complexity index is 273. The molecular weight excluding hydrogens is 243 g/mol. The van der Waals surface area contributed by atoms with E-state index in [0.29, 0.717) is 25.9 Å². The van der Waals surface area contributed by atoms with Gasteiger partial charge in [0.2, 0.25) is 0 Å². The summed E-state index contributed by atoms with van der Waals surface area (Å²) in [5.41, 5.74) is -0.582. The minimum atomic E-state index is -4.14. The number of hydrogen-bond donors (Lipinski definition) is 1. The number of rotatable bonds is 8. The third-order valence-corrected chi connectivity index (χ3v) is 3.05. The first-order valence-corrected chi connectivity index (χ1v) is 6.15. The van der Waals surface area contributed by atoms with Crippen molar-refractivity contribution in [2.75, 3.05) is 26.7 Å². The van der Waals surface area contributed by atoms with Crippen molar-refractivity contribution in [1.82, 2.24) is 10.2 Å². The second-order valence-electron chi connectivity index (χ2n) is 4.63. The van der Waals surface area contributed by atoms with Crippen LogP contribution in [0, 0.1) is 11.3 Å². The van der Waals surface area contributed by atoms with E-state index in [1.165, 1.54) is 4.90 Å². The highest BCUT2D eigenvalue weighted by molar-refractivity contribution is 5.02. The number of alkyl halides is 3. The summed E-state index contributed by atoms with van der Waals surface area (Å²) < 4.78 is 36.6. The maximum absolute atomic E-state index is 12.2. The summed E-state index contributed by atoms with van der Waals surface area (Å²) in [6.45, 7) is 3.46. The van der Waals surface area contributed by atoms with E-state index in [9.17, 15) is 13.2 Å². The molecule has 0 aliphatic heterocycles. The van der Waals surface area contributed by atoms with E-state index in [1.807, 2.05) is 0 Å². The predicted octanol–water partition coefficient (Wildman–Crippen LogP) is 2.54. The van der Waals surface area contributed by atoms with Crippen LogP contribution in [-0.2, 0) is 0 Å². The Kier molecular flexibility index (Phi) is 7.26. The fourth-order valence-electron chi connectivity index (χ4n) is 1.65. The number of hydrogen-bond acceptors (Lipinski definition) is 3. The molecule has 1 N–H and O–H groups in total. The number of nitrogens with one attached hydrogen (secondary N) is 1. The molecule has 0 saturated heterocycles. The van der Waals surface area contributed by atoms with Gasteiger partial charge < -0.3 is 5.32 Å². The molecule has 0 fully saturated rings. The van der Waals surface area contributed by atoms with Crippen LogP contribution in [0.4, 0.5) is 13.2 Å². The van der Waals surface area contributed by atoms with Crippen molar-refractivity contribution in [3.05, 3.63) is 0 Å². The largest absolute Gasteiger partial charge is 0.401 e. The van der Waals surface area contributed by atoms with Crippen LogP contribution in [-0.4, -0.2) is 43.3 Å². The highest BCUT2D eigenvalue weighted by Crippen LogP contribution is 2.17. The SMILES string of the molecule is CCN(CCCCC(C)(C#N)NC)CC(F)(F)F. The fraction of sp³-hybridized carbons (Fsp3) is 0.917. The van der Waals surface area contributed by atoms with E-state index in [2.05, 4.69) is 11.4 Å². The van der Waals surface area contributed by atoms with Crippen LogP contribution >= 0.6 is 0 Å². The van der Waals surface area contributed by atoms with Crippen molar-refractivity contribution in [3.63, 3.8) is 0 Å². The number of nitriles is 1. The first-order valence-electron chi connectivity index (χ1n) is 6.15. The van der Waals surface area contributed by atoms with Gasteiger partial charge in [0.05, 0.1) is 12.6 Å². The van der Waals surface area contributed by atoms with Crippen LogP contribution in [0.2, 0.25) is 0 Å². The molecule has 0 bridgehead atoms. The van der Waals surface area contributed by atoms with Gasteiger partial charge in [-0.25, -0.2) is 0 Å². The fourth-order valence-corrected chi connectivity index (χ4v) is 1.65. The lowest BCUT2D eigenvalue weighted by atomic mass is 9.97. The summed E-state index contributed by atoms with van der Waals surface area (Å²) >= 11 is 0. The molecule has 106 valence electrons. The molecule has 6 heteroatoms. The van der Waals surface area contributed by atoms with E-state index >= 15 is 0 Å². The number of halogens is 3. The Labute approximate surface area is 107 Å². The Balaban J connectivity index is 3.93. The van der Waals surface area contributed by atoms with Gasteiger partial charge in [0, 0.05) is 0 Å². The molecule has 0 rings (SSSR count). The molecule has 0 saturated carbocycles. The molecule has 0 heterocycles. The molecule has 0 aromatic rings. The maximum atomic E-state index is 12.2. The highest BCUT2D eigenvalue weighted by atomic mass is 19.4. The summed E-state index contributed by atoms with van der Waals surface area (Å²) in [6.07, 6.45) is -2.09. The maximum Gasteiger partial charge on any atom is 0.401 e. The quantitative estimate of drug-likeness (QED) is 0.685. The normalized spacial score (nSPS) is 15.4. The van der Waals surface area contributed by atoms with E-state index in [1.54, 1.807) is 20.9 Å². The lowest BCUT2D eigenvalue weighted by Gasteiger charge is -2.23. The van der Waals surface area contributed by atoms with E-state index in [-0.39, 0.29) is 0 Å². The second kappa shape index (κ2) is 7.59. The van der Waals surface area contributed by atoms with Gasteiger partial charge in [-0.15, -0.1) is 0 Å². The lowest BCUT2D eigenvalue weighted by molar-refractivity contribution is -0.145. The molecule has 18 heavy (non-hydrogen) atoms. The monoisotopic (exact) mass is 265 g/mol. The second-order valence-corrected chi connectivity index (χ2v) is 4.63. The smallest absolute Gasteiger partial charge is 0.303 e. The van der Waals surface area contributed by atoms with Gasteiger partial charge in [-0.2, -0.15) is 18.4 Å². The van der Waals surface area contributed by atoms with Crippen LogP contribution in [0.15, 0.2) is 0 Å². The number of nitrogens with zero attached hydrogens (tertiary/aromatic N) is 2. The standard InChI is InChI=1S/C12H22F3N3/c1-4-18(10-12(13,14)15)8-6-5-7-11(2,9-16)17-3/h17H,4-8,10H2,1-3H3. The van der Waals surface area contributed by atoms with Crippen LogP contribution in [0.25, 0.3) is 0 Å². The average molecular weight is 265 g/mol. The topological polar surface area (TPSA) is 39.1 Å². The van der Waals surface area contributed by atoms with E-state index < -0.39 is 18.3 Å². The molecule has 0 aliphatic carbocycles. The van der Waals surface area contributed by atoms with Gasteiger partial charge in [0.1, 0.15) is 5.54 Å². The van der Waals surface area contributed by atoms with Gasteiger partial charge in [0.15, 0.2) is 0 Å². The van der Waals surface area contributed by atoms with Crippen molar-refractivity contribution >= 4 is 0 Å². The van der Waals surface area contributed by atoms with E-state index in [0.717, 1.165) is 6.42 Å². The minimum absolute atomic E-state index is 0.390. The van der Waals surface area contributed by atoms with Gasteiger partial charge in [-0.05, 0) is 46.3 Å². The van der Waals surface area contributed by atoms with Crippen molar-refractivity contribution < 1.29 is 13.2 Å². The van der Waals surface area contributed by atoms with Crippen molar-refractivity contribution in [2.24, 2.45) is 0 Å². The Morgan fingerprint density at radius 2 is 1.89 bits per heavy atom. The average Bonchev–Trinajstić information content (AvgIpc) is 2.31. The molecule has 0 amide bonds. The van der Waals surface area contributed by atoms with Crippen LogP contribution in [0.5, 0.6) is 0 Å². The molecule has 0 aromatic carbocycles. The van der Waals surface area contributed by atoms with Crippen molar-refractivity contribution in [2.45, 2.75) is 44.8 Å². The lowest BCUT2D eigenvalue weighted by Crippen LogP contribution is -2.38. The summed E-state index contributed by atoms with van der Waals surface area (Å²) in [5.74, 6) is 0. The summed E-state index contributed by atoms with van der Waals surface area (Å²) in [6, 6.07) is 2.16. The Hall–Kier alpha value is -0.800. The molecule has 0 radical (unpaired) electrons. The summed E-state index contributed by atoms with van der Waals surface area (Å²) in [4.78, 5) is 1.38. The molecule has 1 atom stereocenters. The number of unbranched alkanes of at least 4 members (excludes halogenated alkanes) is 1. The van der Waals surface area contributed by atoms with Crippen LogP contribution in [0.1, 0.15) is 33.1 Å². The highest BCUT2D eigenvalue weighted by Gasteiger charge is 2.29. The molecule has 3 nitrogen and oxygen atoms in total. The van der Waals surface area contributed by atoms with Gasteiger partial charge in [-0.1, -0.05) is 6.92 Å². The molecule has 0 aromatic heterocycles. The zero-order valence-corrected chi connectivity index (χ0v) is 11.3.